The molecular formula is C11H25N3O. The minimum Gasteiger partial charge on any atom is -0.396 e. The van der Waals surface area contributed by atoms with Gasteiger partial charge in [-0.3, -0.25) is 4.99 Å². The summed E-state index contributed by atoms with van der Waals surface area (Å²) in [5, 5.41) is 11.9. The number of aliphatic imine (C=N–C) groups is 1. The fraction of sp³-hybridized carbons (Fsp3) is 0.909. The zero-order chi connectivity index (χ0) is 11.9. The molecule has 0 aromatic heterocycles. The van der Waals surface area contributed by atoms with Crippen LogP contribution in [0.25, 0.3) is 0 Å². The van der Waals surface area contributed by atoms with Crippen LogP contribution in [-0.2, 0) is 0 Å². The van der Waals surface area contributed by atoms with Crippen LogP contribution in [0.1, 0.15) is 40.5 Å². The van der Waals surface area contributed by atoms with E-state index in [-0.39, 0.29) is 12.1 Å². The van der Waals surface area contributed by atoms with Gasteiger partial charge in [0.05, 0.1) is 0 Å². The second-order valence-corrected chi connectivity index (χ2v) is 5.07. The molecule has 4 heteroatoms. The number of hydrogen-bond donors (Lipinski definition) is 3. The van der Waals surface area contributed by atoms with Crippen molar-refractivity contribution in [2.24, 2.45) is 16.6 Å². The average molecular weight is 215 g/mol. The summed E-state index contributed by atoms with van der Waals surface area (Å²) in [6, 6.07) is 0. The molecule has 0 fully saturated rings. The standard InChI is InChI=1S/C11H25N3O/c1-9(8-15)6-5-7-13-10(12)14-11(2,3)4/h9,15H,5-8H2,1-4H3,(H3,12,13,14). The van der Waals surface area contributed by atoms with E-state index in [9.17, 15) is 0 Å². The summed E-state index contributed by atoms with van der Waals surface area (Å²) in [4.78, 5) is 4.22. The second kappa shape index (κ2) is 6.67. The van der Waals surface area contributed by atoms with Gasteiger partial charge in [-0.2, -0.15) is 0 Å². The number of nitrogens with zero attached hydrogens (tertiary/aromatic N) is 1. The fourth-order valence-corrected chi connectivity index (χ4v) is 1.15. The number of rotatable bonds is 5. The summed E-state index contributed by atoms with van der Waals surface area (Å²) in [7, 11) is 0. The Labute approximate surface area is 93.0 Å². The van der Waals surface area contributed by atoms with Crippen LogP contribution in [0.5, 0.6) is 0 Å². The smallest absolute Gasteiger partial charge is 0.188 e. The van der Waals surface area contributed by atoms with Crippen LogP contribution >= 0.6 is 0 Å². The van der Waals surface area contributed by atoms with E-state index in [0.717, 1.165) is 19.4 Å². The van der Waals surface area contributed by atoms with Crippen molar-refractivity contribution in [3.63, 3.8) is 0 Å². The summed E-state index contributed by atoms with van der Waals surface area (Å²) in [6.45, 7) is 9.13. The van der Waals surface area contributed by atoms with Crippen LogP contribution in [0.3, 0.4) is 0 Å². The third kappa shape index (κ3) is 9.53. The van der Waals surface area contributed by atoms with Gasteiger partial charge in [0.25, 0.3) is 0 Å². The summed E-state index contributed by atoms with van der Waals surface area (Å²) >= 11 is 0. The molecule has 0 saturated carbocycles. The van der Waals surface area contributed by atoms with E-state index < -0.39 is 0 Å². The molecule has 1 atom stereocenters. The minimum atomic E-state index is -0.0357. The number of aliphatic hydroxyl groups is 1. The lowest BCUT2D eigenvalue weighted by Crippen LogP contribution is -2.45. The van der Waals surface area contributed by atoms with Crippen LogP contribution in [-0.4, -0.2) is 29.8 Å². The second-order valence-electron chi connectivity index (χ2n) is 5.07. The molecular weight excluding hydrogens is 190 g/mol. The monoisotopic (exact) mass is 215 g/mol. The fourth-order valence-electron chi connectivity index (χ4n) is 1.15. The zero-order valence-corrected chi connectivity index (χ0v) is 10.4. The summed E-state index contributed by atoms with van der Waals surface area (Å²) in [5.41, 5.74) is 5.66. The first kappa shape index (κ1) is 14.2. The molecule has 1 unspecified atom stereocenters. The lowest BCUT2D eigenvalue weighted by molar-refractivity contribution is 0.229. The van der Waals surface area contributed by atoms with Gasteiger partial charge in [-0.15, -0.1) is 0 Å². The first-order chi connectivity index (χ1) is 6.85. The molecule has 0 rings (SSSR count). The molecule has 0 aromatic rings. The Balaban J connectivity index is 3.68. The van der Waals surface area contributed by atoms with Gasteiger partial charge in [-0.25, -0.2) is 0 Å². The molecule has 0 spiro atoms. The van der Waals surface area contributed by atoms with Crippen molar-refractivity contribution in [3.8, 4) is 0 Å². The van der Waals surface area contributed by atoms with E-state index >= 15 is 0 Å². The molecule has 0 amide bonds. The highest BCUT2D eigenvalue weighted by molar-refractivity contribution is 5.78. The Kier molecular flexibility index (Phi) is 6.32. The molecule has 15 heavy (non-hydrogen) atoms. The topological polar surface area (TPSA) is 70.6 Å². The largest absolute Gasteiger partial charge is 0.396 e. The summed E-state index contributed by atoms with van der Waals surface area (Å²) < 4.78 is 0. The number of guanidine groups is 1. The lowest BCUT2D eigenvalue weighted by Gasteiger charge is -2.21. The highest BCUT2D eigenvalue weighted by Gasteiger charge is 2.09. The molecule has 0 aliphatic rings. The highest BCUT2D eigenvalue weighted by atomic mass is 16.3. The van der Waals surface area contributed by atoms with E-state index in [1.165, 1.54) is 0 Å². The van der Waals surface area contributed by atoms with Gasteiger partial charge in [0.1, 0.15) is 0 Å². The van der Waals surface area contributed by atoms with Gasteiger partial charge < -0.3 is 16.2 Å². The molecule has 0 heterocycles. The maximum atomic E-state index is 8.82. The quantitative estimate of drug-likeness (QED) is 0.365. The van der Waals surface area contributed by atoms with Gasteiger partial charge in [0, 0.05) is 18.7 Å². The average Bonchev–Trinajstić information content (AvgIpc) is 2.09. The van der Waals surface area contributed by atoms with Gasteiger partial charge in [-0.1, -0.05) is 6.92 Å². The van der Waals surface area contributed by atoms with Crippen molar-refractivity contribution in [3.05, 3.63) is 0 Å². The molecule has 0 aromatic carbocycles. The van der Waals surface area contributed by atoms with Gasteiger partial charge in [0.15, 0.2) is 5.96 Å². The summed E-state index contributed by atoms with van der Waals surface area (Å²) in [5.74, 6) is 0.858. The first-order valence-electron chi connectivity index (χ1n) is 5.54. The van der Waals surface area contributed by atoms with Crippen molar-refractivity contribution in [2.45, 2.75) is 46.1 Å². The molecule has 0 saturated heterocycles. The first-order valence-corrected chi connectivity index (χ1v) is 5.54. The third-order valence-electron chi connectivity index (χ3n) is 1.95. The Morgan fingerprint density at radius 3 is 2.53 bits per heavy atom. The third-order valence-corrected chi connectivity index (χ3v) is 1.95. The van der Waals surface area contributed by atoms with Crippen molar-refractivity contribution < 1.29 is 5.11 Å². The molecule has 4 N–H and O–H groups in total. The molecule has 0 aliphatic carbocycles. The van der Waals surface area contributed by atoms with E-state index in [0.29, 0.717) is 11.9 Å². The predicted octanol–water partition coefficient (Wildman–Crippen LogP) is 1.10. The van der Waals surface area contributed by atoms with Crippen LogP contribution in [0.15, 0.2) is 4.99 Å². The Morgan fingerprint density at radius 2 is 2.07 bits per heavy atom. The van der Waals surface area contributed by atoms with E-state index in [1.807, 2.05) is 27.7 Å². The van der Waals surface area contributed by atoms with E-state index in [1.54, 1.807) is 0 Å². The zero-order valence-electron chi connectivity index (χ0n) is 10.4. The van der Waals surface area contributed by atoms with Crippen molar-refractivity contribution in [1.82, 2.24) is 5.32 Å². The van der Waals surface area contributed by atoms with Crippen molar-refractivity contribution in [1.29, 1.82) is 0 Å². The number of aliphatic hydroxyl groups excluding tert-OH is 1. The van der Waals surface area contributed by atoms with Gasteiger partial charge in [-0.05, 0) is 39.5 Å². The maximum Gasteiger partial charge on any atom is 0.188 e. The Hall–Kier alpha value is -0.770. The normalized spacial score (nSPS) is 15.1. The van der Waals surface area contributed by atoms with Crippen molar-refractivity contribution in [2.75, 3.05) is 13.2 Å². The number of nitrogens with two attached hydrogens (primary N) is 1. The van der Waals surface area contributed by atoms with Gasteiger partial charge in [0.2, 0.25) is 0 Å². The van der Waals surface area contributed by atoms with E-state index in [2.05, 4.69) is 10.3 Å². The SMILES string of the molecule is CC(CO)CCCN=C(N)NC(C)(C)C. The Bertz CT molecular complexity index is 196. The lowest BCUT2D eigenvalue weighted by atomic mass is 10.1. The maximum absolute atomic E-state index is 8.82. The summed E-state index contributed by atoms with van der Waals surface area (Å²) in [6.07, 6.45) is 1.96. The van der Waals surface area contributed by atoms with Crippen LogP contribution < -0.4 is 11.1 Å². The predicted molar refractivity (Wildman–Crippen MR) is 64.9 cm³/mol. The number of hydrogen-bond acceptors (Lipinski definition) is 2. The minimum absolute atomic E-state index is 0.0357. The molecule has 4 nitrogen and oxygen atoms in total. The van der Waals surface area contributed by atoms with Crippen LogP contribution in [0.2, 0.25) is 0 Å². The van der Waals surface area contributed by atoms with Crippen LogP contribution in [0, 0.1) is 5.92 Å². The molecule has 0 aliphatic heterocycles. The van der Waals surface area contributed by atoms with Crippen molar-refractivity contribution >= 4 is 5.96 Å². The van der Waals surface area contributed by atoms with Crippen LogP contribution in [0.4, 0.5) is 0 Å². The van der Waals surface area contributed by atoms with Gasteiger partial charge >= 0.3 is 0 Å². The molecule has 0 bridgehead atoms. The highest BCUT2D eigenvalue weighted by Crippen LogP contribution is 2.03. The van der Waals surface area contributed by atoms with E-state index in [4.69, 9.17) is 10.8 Å². The Morgan fingerprint density at radius 1 is 1.47 bits per heavy atom. The molecule has 90 valence electrons. The number of nitrogens with one attached hydrogen (secondary N) is 1. The molecule has 0 radical (unpaired) electrons.